The first kappa shape index (κ1) is 16.9. The van der Waals surface area contributed by atoms with E-state index in [-0.39, 0.29) is 11.4 Å². The van der Waals surface area contributed by atoms with Gasteiger partial charge in [0.15, 0.2) is 11.6 Å². The number of halogens is 3. The summed E-state index contributed by atoms with van der Waals surface area (Å²) >= 11 is 5.45. The first-order valence-electron chi connectivity index (χ1n) is 5.87. The molecular formula is C13H12ClF2N3O2. The summed E-state index contributed by atoms with van der Waals surface area (Å²) in [6.45, 7) is 1.57. The molecule has 0 heterocycles. The molecule has 0 aliphatic rings. The lowest BCUT2D eigenvalue weighted by atomic mass is 10.2. The molecule has 0 saturated heterocycles. The highest BCUT2D eigenvalue weighted by Crippen LogP contribution is 2.23. The highest BCUT2D eigenvalue weighted by Gasteiger charge is 2.24. The van der Waals surface area contributed by atoms with Gasteiger partial charge in [0.1, 0.15) is 5.69 Å². The summed E-state index contributed by atoms with van der Waals surface area (Å²) in [6, 6.07) is 2.97. The van der Waals surface area contributed by atoms with Crippen LogP contribution in [0.3, 0.4) is 0 Å². The van der Waals surface area contributed by atoms with Crippen LogP contribution in [0.5, 0.6) is 0 Å². The van der Waals surface area contributed by atoms with Gasteiger partial charge in [-0.3, -0.25) is 9.59 Å². The number of nitrogens with one attached hydrogen (secondary N) is 1. The molecule has 21 heavy (non-hydrogen) atoms. The predicted molar refractivity (Wildman–Crippen MR) is 72.5 cm³/mol. The van der Waals surface area contributed by atoms with Crippen LogP contribution < -0.4 is 5.32 Å². The van der Waals surface area contributed by atoms with E-state index in [0.717, 1.165) is 17.0 Å². The number of rotatable bonds is 3. The third-order valence-electron chi connectivity index (χ3n) is 2.81. The van der Waals surface area contributed by atoms with Gasteiger partial charge in [-0.15, -0.1) is 0 Å². The first-order valence-corrected chi connectivity index (χ1v) is 6.25. The van der Waals surface area contributed by atoms with Gasteiger partial charge in [0, 0.05) is 18.1 Å². The molecule has 0 aromatic heterocycles. The summed E-state index contributed by atoms with van der Waals surface area (Å²) in [5.74, 6) is -4.39. The van der Waals surface area contributed by atoms with Gasteiger partial charge in [0.2, 0.25) is 0 Å². The molecule has 1 atom stereocenters. The smallest absolute Gasteiger partial charge is 0.314 e. The molecule has 1 aromatic carbocycles. The molecule has 112 valence electrons. The normalized spacial score (nSPS) is 11.4. The van der Waals surface area contributed by atoms with Gasteiger partial charge in [0.25, 0.3) is 0 Å². The number of benzene rings is 1. The van der Waals surface area contributed by atoms with Crippen LogP contribution in [0, 0.1) is 23.0 Å². The number of amides is 2. The molecule has 0 fully saturated rings. The summed E-state index contributed by atoms with van der Waals surface area (Å²) in [4.78, 5) is 24.5. The third-order valence-corrected chi connectivity index (χ3v) is 3.03. The van der Waals surface area contributed by atoms with E-state index in [4.69, 9.17) is 16.9 Å². The van der Waals surface area contributed by atoms with E-state index in [1.54, 1.807) is 6.92 Å². The molecule has 5 nitrogen and oxygen atoms in total. The quantitative estimate of drug-likeness (QED) is 0.870. The fourth-order valence-corrected chi connectivity index (χ4v) is 1.65. The van der Waals surface area contributed by atoms with Crippen LogP contribution in [0.4, 0.5) is 14.5 Å². The molecule has 1 aromatic rings. The summed E-state index contributed by atoms with van der Waals surface area (Å²) < 4.78 is 27.0. The third kappa shape index (κ3) is 4.13. The Bertz CT molecular complexity index is 593. The Morgan fingerprint density at radius 2 is 1.95 bits per heavy atom. The number of carbonyl (C=O) groups is 2. The van der Waals surface area contributed by atoms with Crippen molar-refractivity contribution >= 4 is 29.1 Å². The maximum atomic E-state index is 13.5. The Labute approximate surface area is 125 Å². The molecule has 0 unspecified atom stereocenters. The van der Waals surface area contributed by atoms with Gasteiger partial charge < -0.3 is 10.2 Å². The second-order valence-corrected chi connectivity index (χ2v) is 4.76. The summed E-state index contributed by atoms with van der Waals surface area (Å²) in [5, 5.41) is 10.2. The topological polar surface area (TPSA) is 73.2 Å². The van der Waals surface area contributed by atoms with Crippen molar-refractivity contribution in [3.8, 4) is 6.07 Å². The Morgan fingerprint density at radius 1 is 1.43 bits per heavy atom. The van der Waals surface area contributed by atoms with E-state index < -0.39 is 35.2 Å². The number of hydrogen-bond donors (Lipinski definition) is 1. The monoisotopic (exact) mass is 315 g/mol. The van der Waals surface area contributed by atoms with Crippen LogP contribution in [0.25, 0.3) is 0 Å². The van der Waals surface area contributed by atoms with Crippen LogP contribution in [0.1, 0.15) is 13.3 Å². The van der Waals surface area contributed by atoms with E-state index in [2.05, 4.69) is 0 Å². The number of hydrogen-bond acceptors (Lipinski definition) is 3. The van der Waals surface area contributed by atoms with Gasteiger partial charge in [-0.05, 0) is 19.1 Å². The maximum absolute atomic E-state index is 13.5. The summed E-state index contributed by atoms with van der Waals surface area (Å²) in [7, 11) is 1.32. The minimum Gasteiger partial charge on any atom is -0.334 e. The fourth-order valence-electron chi connectivity index (χ4n) is 1.46. The molecule has 0 saturated carbocycles. The number of nitriles is 1. The fraction of sp³-hybridized carbons (Fsp3) is 0.308. The Hall–Kier alpha value is -2.20. The van der Waals surface area contributed by atoms with Crippen LogP contribution in [-0.2, 0) is 9.59 Å². The molecule has 0 aliphatic heterocycles. The van der Waals surface area contributed by atoms with E-state index in [1.165, 1.54) is 7.05 Å². The van der Waals surface area contributed by atoms with Crippen LogP contribution in [0.15, 0.2) is 12.1 Å². The van der Waals surface area contributed by atoms with Crippen LogP contribution in [-0.4, -0.2) is 29.8 Å². The second-order valence-electron chi connectivity index (χ2n) is 4.33. The molecule has 0 bridgehead atoms. The van der Waals surface area contributed by atoms with Gasteiger partial charge in [-0.2, -0.15) is 5.26 Å². The molecule has 2 amide bonds. The van der Waals surface area contributed by atoms with Gasteiger partial charge in [0.05, 0.1) is 12.5 Å². The van der Waals surface area contributed by atoms with Crippen molar-refractivity contribution in [3.05, 3.63) is 28.8 Å². The van der Waals surface area contributed by atoms with Crippen molar-refractivity contribution in [3.63, 3.8) is 0 Å². The van der Waals surface area contributed by atoms with Gasteiger partial charge in [-0.1, -0.05) is 11.6 Å². The van der Waals surface area contributed by atoms with Crippen molar-refractivity contribution in [1.82, 2.24) is 4.90 Å². The zero-order valence-electron chi connectivity index (χ0n) is 11.3. The Morgan fingerprint density at radius 3 is 2.43 bits per heavy atom. The van der Waals surface area contributed by atoms with E-state index in [9.17, 15) is 18.4 Å². The van der Waals surface area contributed by atoms with Crippen molar-refractivity contribution in [2.45, 2.75) is 19.4 Å². The van der Waals surface area contributed by atoms with E-state index in [1.807, 2.05) is 11.4 Å². The molecular weight excluding hydrogens is 304 g/mol. The number of nitrogens with zero attached hydrogens (tertiary/aromatic N) is 2. The number of carbonyl (C=O) groups excluding carboxylic acids is 2. The first-order chi connectivity index (χ1) is 9.77. The minimum atomic E-state index is -1.21. The summed E-state index contributed by atoms with van der Waals surface area (Å²) in [6.07, 6.45) is 0.0270. The largest absolute Gasteiger partial charge is 0.334 e. The van der Waals surface area contributed by atoms with Crippen molar-refractivity contribution in [2.75, 3.05) is 12.4 Å². The maximum Gasteiger partial charge on any atom is 0.314 e. The zero-order valence-corrected chi connectivity index (χ0v) is 12.0. The highest BCUT2D eigenvalue weighted by atomic mass is 35.5. The standard InChI is InChI=1S/C13H12ClF2N3O2/c1-7(3-4-17)19(2)13(21)12(20)18-11-9(15)5-8(14)6-10(11)16/h5-7H,3H2,1-2H3,(H,18,20)/t7-/m0/s1. The van der Waals surface area contributed by atoms with Crippen LogP contribution >= 0.6 is 11.6 Å². The zero-order chi connectivity index (χ0) is 16.2. The number of likely N-dealkylation sites (N-methyl/N-ethyl adjacent to an activating group) is 1. The van der Waals surface area contributed by atoms with E-state index in [0.29, 0.717) is 0 Å². The molecule has 8 heteroatoms. The average molecular weight is 316 g/mol. The van der Waals surface area contributed by atoms with E-state index >= 15 is 0 Å². The van der Waals surface area contributed by atoms with Crippen molar-refractivity contribution in [1.29, 1.82) is 5.26 Å². The molecule has 0 spiro atoms. The predicted octanol–water partition coefficient (Wildman–Crippen LogP) is 2.32. The number of anilines is 1. The SMILES string of the molecule is C[C@@H](CC#N)N(C)C(=O)C(=O)Nc1c(F)cc(Cl)cc1F. The molecule has 0 radical (unpaired) electrons. The molecule has 1 N–H and O–H groups in total. The lowest BCUT2D eigenvalue weighted by Crippen LogP contribution is -2.42. The molecule has 1 rings (SSSR count). The lowest BCUT2D eigenvalue weighted by molar-refractivity contribution is -0.143. The highest BCUT2D eigenvalue weighted by molar-refractivity contribution is 6.39. The van der Waals surface area contributed by atoms with Crippen molar-refractivity contribution in [2.24, 2.45) is 0 Å². The summed E-state index contributed by atoms with van der Waals surface area (Å²) in [5.41, 5.74) is -0.751. The second kappa shape index (κ2) is 6.99. The van der Waals surface area contributed by atoms with Crippen molar-refractivity contribution < 1.29 is 18.4 Å². The average Bonchev–Trinajstić information content (AvgIpc) is 2.41. The minimum absolute atomic E-state index is 0.0270. The Balaban J connectivity index is 2.87. The van der Waals surface area contributed by atoms with Gasteiger partial charge in [-0.25, -0.2) is 8.78 Å². The van der Waals surface area contributed by atoms with Gasteiger partial charge >= 0.3 is 11.8 Å². The van der Waals surface area contributed by atoms with Crippen LogP contribution in [0.2, 0.25) is 5.02 Å². The molecule has 0 aliphatic carbocycles. The lowest BCUT2D eigenvalue weighted by Gasteiger charge is -2.22. The Kier molecular flexibility index (Phi) is 5.61.